The quantitative estimate of drug-likeness (QED) is 0.814. The van der Waals surface area contributed by atoms with Gasteiger partial charge in [-0.2, -0.15) is 0 Å². The average molecular weight is 221 g/mol. The smallest absolute Gasteiger partial charge is 0.274 e. The maximum absolute atomic E-state index is 12.1. The molecule has 0 spiro atoms. The van der Waals surface area contributed by atoms with Crippen molar-refractivity contribution in [3.05, 3.63) is 28.7 Å². The molecule has 2 heterocycles. The predicted molar refractivity (Wildman–Crippen MR) is 66.0 cm³/mol. The van der Waals surface area contributed by atoms with Gasteiger partial charge < -0.3 is 14.8 Å². The highest BCUT2D eigenvalue weighted by Crippen LogP contribution is 2.19. The SMILES string of the molecule is CNc1cccn(C2CCCN(C)C2)c1=O. The van der Waals surface area contributed by atoms with Crippen molar-refractivity contribution in [2.24, 2.45) is 0 Å². The third kappa shape index (κ3) is 2.11. The number of hydrogen-bond acceptors (Lipinski definition) is 3. The second-order valence-electron chi connectivity index (χ2n) is 4.44. The number of aromatic nitrogens is 1. The van der Waals surface area contributed by atoms with Gasteiger partial charge in [0.25, 0.3) is 5.56 Å². The Morgan fingerprint density at radius 1 is 1.50 bits per heavy atom. The average Bonchev–Trinajstić information content (AvgIpc) is 2.29. The lowest BCUT2D eigenvalue weighted by atomic mass is 10.1. The van der Waals surface area contributed by atoms with E-state index in [0.29, 0.717) is 11.7 Å². The van der Waals surface area contributed by atoms with Crippen LogP contribution >= 0.6 is 0 Å². The minimum absolute atomic E-state index is 0.0882. The van der Waals surface area contributed by atoms with E-state index in [4.69, 9.17) is 0 Å². The van der Waals surface area contributed by atoms with Gasteiger partial charge in [0, 0.05) is 25.8 Å². The first-order valence-electron chi connectivity index (χ1n) is 5.80. The van der Waals surface area contributed by atoms with E-state index in [9.17, 15) is 4.79 Å². The highest BCUT2D eigenvalue weighted by atomic mass is 16.1. The van der Waals surface area contributed by atoms with Crippen LogP contribution in [0.25, 0.3) is 0 Å². The number of anilines is 1. The Labute approximate surface area is 95.9 Å². The molecule has 1 aliphatic rings. The van der Waals surface area contributed by atoms with Crippen LogP contribution in [0, 0.1) is 0 Å². The molecular formula is C12H19N3O. The molecule has 1 atom stereocenters. The summed E-state index contributed by atoms with van der Waals surface area (Å²) in [5.41, 5.74) is 0.765. The monoisotopic (exact) mass is 221 g/mol. The number of hydrogen-bond donors (Lipinski definition) is 1. The van der Waals surface area contributed by atoms with E-state index in [0.717, 1.165) is 25.9 Å². The van der Waals surface area contributed by atoms with Crippen molar-refractivity contribution < 1.29 is 0 Å². The van der Waals surface area contributed by atoms with Gasteiger partial charge in [0.2, 0.25) is 0 Å². The molecule has 0 amide bonds. The maximum atomic E-state index is 12.1. The fourth-order valence-electron chi connectivity index (χ4n) is 2.35. The summed E-state index contributed by atoms with van der Waals surface area (Å²) in [6.45, 7) is 2.10. The van der Waals surface area contributed by atoms with Crippen LogP contribution in [0.4, 0.5) is 5.69 Å². The molecule has 0 aromatic carbocycles. The first-order chi connectivity index (χ1) is 7.72. The Hall–Kier alpha value is -1.29. The second-order valence-corrected chi connectivity index (χ2v) is 4.44. The number of pyridine rings is 1. The Morgan fingerprint density at radius 2 is 2.31 bits per heavy atom. The summed E-state index contributed by atoms with van der Waals surface area (Å²) < 4.78 is 1.86. The van der Waals surface area contributed by atoms with Gasteiger partial charge in [-0.15, -0.1) is 0 Å². The summed E-state index contributed by atoms with van der Waals surface area (Å²) in [7, 11) is 3.90. The molecule has 0 saturated carbocycles. The van der Waals surface area contributed by atoms with Crippen LogP contribution in [0.2, 0.25) is 0 Å². The van der Waals surface area contributed by atoms with Crippen molar-refractivity contribution in [1.82, 2.24) is 9.47 Å². The number of likely N-dealkylation sites (tertiary alicyclic amines) is 1. The molecule has 1 aromatic rings. The van der Waals surface area contributed by atoms with Crippen LogP contribution in [0.15, 0.2) is 23.1 Å². The summed E-state index contributed by atoms with van der Waals surface area (Å²) >= 11 is 0. The lowest BCUT2D eigenvalue weighted by molar-refractivity contribution is 0.209. The molecule has 1 aliphatic heterocycles. The molecule has 1 aromatic heterocycles. The molecule has 16 heavy (non-hydrogen) atoms. The summed E-state index contributed by atoms with van der Waals surface area (Å²) in [6, 6.07) is 4.08. The van der Waals surface area contributed by atoms with Crippen LogP contribution in [0.5, 0.6) is 0 Å². The second kappa shape index (κ2) is 4.70. The third-order valence-corrected chi connectivity index (χ3v) is 3.24. The minimum Gasteiger partial charge on any atom is -0.384 e. The Bertz CT molecular complexity index is 413. The lowest BCUT2D eigenvalue weighted by Crippen LogP contribution is -2.37. The van der Waals surface area contributed by atoms with E-state index < -0.39 is 0 Å². The topological polar surface area (TPSA) is 37.3 Å². The molecule has 1 saturated heterocycles. The zero-order valence-electron chi connectivity index (χ0n) is 9.94. The van der Waals surface area contributed by atoms with Crippen LogP contribution in [-0.2, 0) is 0 Å². The standard InChI is InChI=1S/C12H19N3O/c1-13-11-6-4-8-15(12(11)16)10-5-3-7-14(2)9-10/h4,6,8,10,13H,3,5,7,9H2,1-2H3. The van der Waals surface area contributed by atoms with E-state index >= 15 is 0 Å². The largest absolute Gasteiger partial charge is 0.384 e. The highest BCUT2D eigenvalue weighted by molar-refractivity contribution is 5.39. The third-order valence-electron chi connectivity index (χ3n) is 3.24. The fraction of sp³-hybridized carbons (Fsp3) is 0.583. The Morgan fingerprint density at radius 3 is 3.00 bits per heavy atom. The van der Waals surface area contributed by atoms with Gasteiger partial charge in [-0.05, 0) is 38.6 Å². The van der Waals surface area contributed by atoms with Crippen LogP contribution in [0.1, 0.15) is 18.9 Å². The van der Waals surface area contributed by atoms with E-state index in [1.807, 2.05) is 22.9 Å². The first-order valence-corrected chi connectivity index (χ1v) is 5.80. The van der Waals surface area contributed by atoms with Crippen molar-refractivity contribution in [2.45, 2.75) is 18.9 Å². The number of piperidine rings is 1. The highest BCUT2D eigenvalue weighted by Gasteiger charge is 2.19. The number of likely N-dealkylation sites (N-methyl/N-ethyl adjacent to an activating group) is 1. The number of nitrogens with zero attached hydrogens (tertiary/aromatic N) is 2. The molecule has 0 bridgehead atoms. The number of rotatable bonds is 2. The van der Waals surface area contributed by atoms with Crippen LogP contribution in [0.3, 0.4) is 0 Å². The molecule has 1 N–H and O–H groups in total. The van der Waals surface area contributed by atoms with Crippen molar-refractivity contribution in [3.8, 4) is 0 Å². The molecule has 88 valence electrons. The normalized spacial score (nSPS) is 22.0. The Balaban J connectivity index is 2.29. The van der Waals surface area contributed by atoms with Gasteiger partial charge in [-0.3, -0.25) is 4.79 Å². The molecule has 4 nitrogen and oxygen atoms in total. The number of nitrogens with one attached hydrogen (secondary N) is 1. The van der Waals surface area contributed by atoms with Gasteiger partial charge in [0.15, 0.2) is 0 Å². The van der Waals surface area contributed by atoms with Crippen molar-refractivity contribution in [1.29, 1.82) is 0 Å². The fourth-order valence-corrected chi connectivity index (χ4v) is 2.35. The van der Waals surface area contributed by atoms with Crippen LogP contribution in [-0.4, -0.2) is 36.7 Å². The van der Waals surface area contributed by atoms with Gasteiger partial charge in [0.05, 0.1) is 0 Å². The van der Waals surface area contributed by atoms with Gasteiger partial charge in [-0.1, -0.05) is 0 Å². The summed E-state index contributed by atoms with van der Waals surface area (Å²) in [5, 5.41) is 2.94. The zero-order valence-corrected chi connectivity index (χ0v) is 9.94. The molecule has 0 radical (unpaired) electrons. The van der Waals surface area contributed by atoms with Crippen molar-refractivity contribution >= 4 is 5.69 Å². The first kappa shape index (κ1) is 11.2. The molecule has 2 rings (SSSR count). The van der Waals surface area contributed by atoms with E-state index in [2.05, 4.69) is 17.3 Å². The lowest BCUT2D eigenvalue weighted by Gasteiger charge is -2.31. The molecular weight excluding hydrogens is 202 g/mol. The van der Waals surface area contributed by atoms with Gasteiger partial charge >= 0.3 is 0 Å². The van der Waals surface area contributed by atoms with E-state index in [1.54, 1.807) is 7.05 Å². The summed E-state index contributed by atoms with van der Waals surface area (Å²) in [4.78, 5) is 14.4. The predicted octanol–water partition coefficient (Wildman–Crippen LogP) is 1.16. The van der Waals surface area contributed by atoms with Gasteiger partial charge in [0.1, 0.15) is 5.69 Å². The van der Waals surface area contributed by atoms with Crippen molar-refractivity contribution in [3.63, 3.8) is 0 Å². The van der Waals surface area contributed by atoms with Gasteiger partial charge in [-0.25, -0.2) is 0 Å². The minimum atomic E-state index is 0.0882. The maximum Gasteiger partial charge on any atom is 0.274 e. The molecule has 0 aliphatic carbocycles. The summed E-state index contributed by atoms with van der Waals surface area (Å²) in [5.74, 6) is 0. The molecule has 4 heteroatoms. The van der Waals surface area contributed by atoms with Crippen LogP contribution < -0.4 is 10.9 Å². The Kier molecular flexibility index (Phi) is 3.29. The molecule has 1 unspecified atom stereocenters. The zero-order chi connectivity index (χ0) is 11.5. The van der Waals surface area contributed by atoms with Crippen molar-refractivity contribution in [2.75, 3.05) is 32.5 Å². The summed E-state index contributed by atoms with van der Waals surface area (Å²) in [6.07, 6.45) is 4.15. The van der Waals surface area contributed by atoms with E-state index in [-0.39, 0.29) is 5.56 Å². The molecule has 1 fully saturated rings. The van der Waals surface area contributed by atoms with E-state index in [1.165, 1.54) is 0 Å².